The van der Waals surface area contributed by atoms with Gasteiger partial charge in [-0.15, -0.1) is 0 Å². The van der Waals surface area contributed by atoms with Crippen molar-refractivity contribution in [3.05, 3.63) is 59.4 Å². The first-order valence-electron chi connectivity index (χ1n) is 9.74. The summed E-state index contributed by atoms with van der Waals surface area (Å²) in [7, 11) is 1.62. The number of anilines is 2. The number of nitrogens with zero attached hydrogens (tertiary/aromatic N) is 3. The van der Waals surface area contributed by atoms with Crippen LogP contribution in [0.1, 0.15) is 22.9 Å². The van der Waals surface area contributed by atoms with Crippen molar-refractivity contribution in [2.45, 2.75) is 19.8 Å². The number of aryl methyl sites for hydroxylation is 2. The van der Waals surface area contributed by atoms with E-state index in [2.05, 4.69) is 20.0 Å². The van der Waals surface area contributed by atoms with Crippen LogP contribution in [-0.2, 0) is 9.59 Å². The molecule has 1 aliphatic heterocycles. The van der Waals surface area contributed by atoms with E-state index in [1.165, 1.54) is 11.5 Å². The number of aromatic nitrogens is 2. The van der Waals surface area contributed by atoms with Gasteiger partial charge in [0.05, 0.1) is 12.5 Å². The molecule has 3 aromatic rings. The highest BCUT2D eigenvalue weighted by Gasteiger charge is 2.35. The highest BCUT2D eigenvalue weighted by Crippen LogP contribution is 2.36. The lowest BCUT2D eigenvalue weighted by molar-refractivity contribution is -0.121. The van der Waals surface area contributed by atoms with Crippen LogP contribution in [0.5, 0.6) is 0 Å². The van der Waals surface area contributed by atoms with Gasteiger partial charge in [0.25, 0.3) is 0 Å². The molecule has 2 amide bonds. The molecule has 1 unspecified atom stereocenters. The molecule has 0 saturated heterocycles. The Morgan fingerprint density at radius 3 is 2.73 bits per heavy atom. The molecule has 7 nitrogen and oxygen atoms in total. The van der Waals surface area contributed by atoms with Crippen LogP contribution in [0.15, 0.2) is 42.5 Å². The van der Waals surface area contributed by atoms with Gasteiger partial charge in [-0.05, 0) is 48.6 Å². The molecule has 1 atom stereocenters. The molecule has 0 saturated carbocycles. The van der Waals surface area contributed by atoms with E-state index in [1.807, 2.05) is 56.3 Å². The fraction of sp³-hybridized carbons (Fsp3) is 0.273. The van der Waals surface area contributed by atoms with Gasteiger partial charge in [0.2, 0.25) is 11.8 Å². The monoisotopic (exact) mass is 421 g/mol. The Morgan fingerprint density at radius 1 is 1.20 bits per heavy atom. The SMILES string of the molecule is CNC(=O)C1CN(C(=O)CNc2cc(-c3nc(C)ns3)ccc2C)c2ccccc21. The first-order chi connectivity index (χ1) is 14.5. The number of para-hydroxylation sites is 1. The van der Waals surface area contributed by atoms with Crippen molar-refractivity contribution in [3.63, 3.8) is 0 Å². The third-order valence-electron chi connectivity index (χ3n) is 5.27. The number of rotatable bonds is 5. The standard InChI is InChI=1S/C22H23N5O2S/c1-13-8-9-15(22-25-14(2)26-30-22)10-18(13)24-11-20(28)27-12-17(21(29)23-3)16-6-4-5-7-19(16)27/h4-10,17,24H,11-12H2,1-3H3,(H,23,29). The van der Waals surface area contributed by atoms with Gasteiger partial charge in [0.1, 0.15) is 10.8 Å². The number of benzene rings is 2. The molecule has 2 N–H and O–H groups in total. The lowest BCUT2D eigenvalue weighted by atomic mass is 10.0. The molecule has 154 valence electrons. The summed E-state index contributed by atoms with van der Waals surface area (Å²) >= 11 is 1.36. The Kier molecular flexibility index (Phi) is 5.50. The molecule has 2 heterocycles. The number of hydrogen-bond acceptors (Lipinski definition) is 6. The highest BCUT2D eigenvalue weighted by molar-refractivity contribution is 7.09. The quantitative estimate of drug-likeness (QED) is 0.661. The molecule has 30 heavy (non-hydrogen) atoms. The van der Waals surface area contributed by atoms with Crippen molar-refractivity contribution < 1.29 is 9.59 Å². The van der Waals surface area contributed by atoms with Crippen molar-refractivity contribution >= 4 is 34.7 Å². The summed E-state index contributed by atoms with van der Waals surface area (Å²) < 4.78 is 4.24. The summed E-state index contributed by atoms with van der Waals surface area (Å²) in [6, 6.07) is 13.6. The number of nitrogens with one attached hydrogen (secondary N) is 2. The van der Waals surface area contributed by atoms with Gasteiger partial charge in [0, 0.05) is 30.5 Å². The van der Waals surface area contributed by atoms with Crippen molar-refractivity contribution in [2.75, 3.05) is 30.4 Å². The predicted octanol–water partition coefficient (Wildman–Crippen LogP) is 3.11. The number of carbonyl (C=O) groups excluding carboxylic acids is 2. The minimum Gasteiger partial charge on any atom is -0.376 e. The molecular formula is C22H23N5O2S. The number of fused-ring (bicyclic) bond motifs is 1. The van der Waals surface area contributed by atoms with Gasteiger partial charge < -0.3 is 15.5 Å². The summed E-state index contributed by atoms with van der Waals surface area (Å²) in [5.41, 5.74) is 4.57. The lowest BCUT2D eigenvalue weighted by Gasteiger charge is -2.19. The van der Waals surface area contributed by atoms with Crippen LogP contribution in [0, 0.1) is 13.8 Å². The Labute approximate surface area is 179 Å². The topological polar surface area (TPSA) is 87.2 Å². The molecule has 0 aliphatic carbocycles. The Bertz CT molecular complexity index is 1110. The van der Waals surface area contributed by atoms with Crippen molar-refractivity contribution in [3.8, 4) is 10.6 Å². The molecule has 4 rings (SSSR count). The van der Waals surface area contributed by atoms with Crippen LogP contribution in [0.4, 0.5) is 11.4 Å². The minimum atomic E-state index is -0.346. The average molecular weight is 422 g/mol. The molecular weight excluding hydrogens is 398 g/mol. The van der Waals surface area contributed by atoms with Crippen molar-refractivity contribution in [2.24, 2.45) is 0 Å². The van der Waals surface area contributed by atoms with Gasteiger partial charge in [-0.25, -0.2) is 4.98 Å². The molecule has 1 aliphatic rings. The van der Waals surface area contributed by atoms with E-state index in [0.717, 1.165) is 38.9 Å². The zero-order valence-corrected chi connectivity index (χ0v) is 17.9. The molecule has 0 fully saturated rings. The van der Waals surface area contributed by atoms with Crippen LogP contribution in [0.25, 0.3) is 10.6 Å². The lowest BCUT2D eigenvalue weighted by Crippen LogP contribution is -2.37. The third kappa shape index (κ3) is 3.78. The second kappa shape index (κ2) is 8.23. The summed E-state index contributed by atoms with van der Waals surface area (Å²) in [6.07, 6.45) is 0. The Balaban J connectivity index is 1.51. The van der Waals surface area contributed by atoms with E-state index in [1.54, 1.807) is 11.9 Å². The van der Waals surface area contributed by atoms with Crippen LogP contribution in [0.3, 0.4) is 0 Å². The van der Waals surface area contributed by atoms with E-state index in [0.29, 0.717) is 6.54 Å². The maximum atomic E-state index is 13.0. The highest BCUT2D eigenvalue weighted by atomic mass is 32.1. The molecule has 8 heteroatoms. The Hall–Kier alpha value is -3.26. The molecule has 0 bridgehead atoms. The van der Waals surface area contributed by atoms with Crippen LogP contribution < -0.4 is 15.5 Å². The summed E-state index contributed by atoms with van der Waals surface area (Å²) in [6.45, 7) is 4.34. The largest absolute Gasteiger partial charge is 0.376 e. The maximum Gasteiger partial charge on any atom is 0.246 e. The fourth-order valence-corrected chi connectivity index (χ4v) is 4.33. The predicted molar refractivity (Wildman–Crippen MR) is 119 cm³/mol. The number of hydrogen-bond donors (Lipinski definition) is 2. The first kappa shape index (κ1) is 20.0. The maximum absolute atomic E-state index is 13.0. The van der Waals surface area contributed by atoms with E-state index < -0.39 is 0 Å². The van der Waals surface area contributed by atoms with E-state index in [4.69, 9.17) is 0 Å². The van der Waals surface area contributed by atoms with Crippen molar-refractivity contribution in [1.29, 1.82) is 0 Å². The summed E-state index contributed by atoms with van der Waals surface area (Å²) in [5.74, 6) is 0.242. The van der Waals surface area contributed by atoms with E-state index >= 15 is 0 Å². The molecule has 0 radical (unpaired) electrons. The van der Waals surface area contributed by atoms with Gasteiger partial charge in [-0.1, -0.05) is 30.3 Å². The van der Waals surface area contributed by atoms with Gasteiger partial charge in [0.15, 0.2) is 0 Å². The second-order valence-corrected chi connectivity index (χ2v) is 8.01. The van der Waals surface area contributed by atoms with Crippen LogP contribution >= 0.6 is 11.5 Å². The summed E-state index contributed by atoms with van der Waals surface area (Å²) in [5, 5.41) is 6.80. The van der Waals surface area contributed by atoms with E-state index in [9.17, 15) is 9.59 Å². The normalized spacial score (nSPS) is 15.0. The second-order valence-electron chi connectivity index (χ2n) is 7.26. The zero-order valence-electron chi connectivity index (χ0n) is 17.1. The molecule has 2 aromatic carbocycles. The number of amides is 2. The summed E-state index contributed by atoms with van der Waals surface area (Å²) in [4.78, 5) is 31.4. The third-order valence-corrected chi connectivity index (χ3v) is 6.13. The van der Waals surface area contributed by atoms with Crippen LogP contribution in [0.2, 0.25) is 0 Å². The first-order valence-corrected chi connectivity index (χ1v) is 10.5. The van der Waals surface area contributed by atoms with Gasteiger partial charge in [-0.2, -0.15) is 4.37 Å². The Morgan fingerprint density at radius 2 is 2.00 bits per heavy atom. The number of likely N-dealkylation sites (N-methyl/N-ethyl adjacent to an activating group) is 1. The fourth-order valence-electron chi connectivity index (χ4n) is 3.67. The van der Waals surface area contributed by atoms with E-state index in [-0.39, 0.29) is 24.3 Å². The van der Waals surface area contributed by atoms with Gasteiger partial charge in [-0.3, -0.25) is 9.59 Å². The smallest absolute Gasteiger partial charge is 0.246 e. The minimum absolute atomic E-state index is 0.0783. The molecule has 0 spiro atoms. The van der Waals surface area contributed by atoms with Crippen LogP contribution in [-0.4, -0.2) is 41.3 Å². The van der Waals surface area contributed by atoms with Gasteiger partial charge >= 0.3 is 0 Å². The average Bonchev–Trinajstić information content (AvgIpc) is 3.36. The number of carbonyl (C=O) groups is 2. The molecule has 1 aromatic heterocycles. The zero-order chi connectivity index (χ0) is 21.3. The van der Waals surface area contributed by atoms with Crippen molar-refractivity contribution in [1.82, 2.24) is 14.7 Å².